The lowest BCUT2D eigenvalue weighted by Crippen LogP contribution is -2.15. The summed E-state index contributed by atoms with van der Waals surface area (Å²) in [6, 6.07) is 0. The van der Waals surface area contributed by atoms with Gasteiger partial charge in [-0.05, 0) is 0 Å². The topological polar surface area (TPSA) is 100 Å². The van der Waals surface area contributed by atoms with Crippen molar-refractivity contribution in [2.75, 3.05) is 118 Å². The molecule has 0 aliphatic heterocycles. The fraction of sp³-hybridized carbons (Fsp3) is 0.857. The lowest BCUT2D eigenvalue weighted by Gasteiger charge is -2.08. The number of hydrogen-bond donors (Lipinski definition) is 0. The number of hydrogen-bond acceptors (Lipinski definition) is 10. The van der Waals surface area contributed by atoms with E-state index in [0.717, 1.165) is 6.08 Å². The molecule has 0 saturated carbocycles. The molecular formula is C21H39ClO10. The number of ether oxygens (including phenoxy) is 9. The Morgan fingerprint density at radius 3 is 1.00 bits per heavy atom. The van der Waals surface area contributed by atoms with Gasteiger partial charge in [-0.25, -0.2) is 4.79 Å². The van der Waals surface area contributed by atoms with E-state index >= 15 is 0 Å². The number of rotatable bonds is 27. The number of carbonyl (C=O) groups excluding carboxylic acids is 1. The molecule has 0 spiro atoms. The molecule has 190 valence electrons. The molecule has 0 aromatic rings. The van der Waals surface area contributed by atoms with Gasteiger partial charge in [0.05, 0.1) is 106 Å². The first-order valence-corrected chi connectivity index (χ1v) is 11.3. The number of alkyl halides is 1. The minimum absolute atomic E-state index is 0.203. The van der Waals surface area contributed by atoms with Crippen molar-refractivity contribution in [3.63, 3.8) is 0 Å². The van der Waals surface area contributed by atoms with Gasteiger partial charge in [-0.2, -0.15) is 0 Å². The van der Waals surface area contributed by atoms with Crippen molar-refractivity contribution in [3.05, 3.63) is 12.7 Å². The van der Waals surface area contributed by atoms with Crippen molar-refractivity contribution in [2.24, 2.45) is 0 Å². The van der Waals surface area contributed by atoms with Crippen molar-refractivity contribution in [1.82, 2.24) is 0 Å². The second-order valence-electron chi connectivity index (χ2n) is 5.96. The lowest BCUT2D eigenvalue weighted by molar-refractivity contribution is -0.139. The highest BCUT2D eigenvalue weighted by atomic mass is 35.5. The van der Waals surface area contributed by atoms with Crippen molar-refractivity contribution in [1.29, 1.82) is 0 Å². The van der Waals surface area contributed by atoms with E-state index in [9.17, 15) is 4.79 Å². The quantitative estimate of drug-likeness (QED) is 0.0725. The molecule has 0 aliphatic rings. The SMILES string of the molecule is C=CC(=O)OCCOCCOCCOCCOCCOCCOCCOCCOCCCl. The van der Waals surface area contributed by atoms with Crippen molar-refractivity contribution >= 4 is 17.6 Å². The van der Waals surface area contributed by atoms with E-state index in [1.54, 1.807) is 0 Å². The zero-order valence-electron chi connectivity index (χ0n) is 19.0. The summed E-state index contributed by atoms with van der Waals surface area (Å²) in [6.07, 6.45) is 1.11. The van der Waals surface area contributed by atoms with Gasteiger partial charge in [-0.3, -0.25) is 0 Å². The number of esters is 1. The molecule has 0 amide bonds. The maximum Gasteiger partial charge on any atom is 0.330 e. The van der Waals surface area contributed by atoms with E-state index < -0.39 is 5.97 Å². The molecule has 0 aromatic heterocycles. The molecule has 0 unspecified atom stereocenters. The van der Waals surface area contributed by atoms with Crippen LogP contribution in [-0.4, -0.2) is 124 Å². The molecule has 0 heterocycles. The first-order chi connectivity index (χ1) is 15.8. The highest BCUT2D eigenvalue weighted by Crippen LogP contribution is 1.86. The van der Waals surface area contributed by atoms with Gasteiger partial charge in [0.25, 0.3) is 0 Å². The van der Waals surface area contributed by atoms with E-state index in [-0.39, 0.29) is 6.61 Å². The molecule has 11 heteroatoms. The highest BCUT2D eigenvalue weighted by molar-refractivity contribution is 6.17. The zero-order valence-corrected chi connectivity index (χ0v) is 19.7. The zero-order chi connectivity index (χ0) is 23.4. The molecule has 0 aliphatic carbocycles. The Morgan fingerprint density at radius 1 is 0.500 bits per heavy atom. The standard InChI is InChI=1S/C21H39ClO10/c1-2-21(23)32-20-19-31-18-17-30-16-15-29-14-13-28-12-11-27-10-9-26-8-7-25-6-5-24-4-3-22/h2H,1,3-20H2. The smallest absolute Gasteiger partial charge is 0.330 e. The summed E-state index contributed by atoms with van der Waals surface area (Å²) in [5.41, 5.74) is 0. The Hall–Kier alpha value is -0.820. The molecular weight excluding hydrogens is 448 g/mol. The van der Waals surface area contributed by atoms with Crippen LogP contribution in [0.25, 0.3) is 0 Å². The van der Waals surface area contributed by atoms with Crippen LogP contribution in [0.5, 0.6) is 0 Å². The first-order valence-electron chi connectivity index (χ1n) is 10.8. The molecule has 0 bridgehead atoms. The van der Waals surface area contributed by atoms with Crippen molar-refractivity contribution in [2.45, 2.75) is 0 Å². The third-order valence-corrected chi connectivity index (χ3v) is 3.62. The number of halogens is 1. The van der Waals surface area contributed by atoms with Crippen LogP contribution in [0, 0.1) is 0 Å². The average Bonchev–Trinajstić information content (AvgIpc) is 2.81. The maximum absolute atomic E-state index is 10.8. The summed E-state index contributed by atoms with van der Waals surface area (Å²) in [7, 11) is 0. The van der Waals surface area contributed by atoms with Gasteiger partial charge in [0.1, 0.15) is 6.61 Å². The summed E-state index contributed by atoms with van der Waals surface area (Å²) in [6.45, 7) is 11.4. The van der Waals surface area contributed by atoms with Crippen LogP contribution in [0.4, 0.5) is 0 Å². The van der Waals surface area contributed by atoms with Crippen LogP contribution >= 0.6 is 11.6 Å². The van der Waals surface area contributed by atoms with E-state index in [4.69, 9.17) is 54.2 Å². The van der Waals surface area contributed by atoms with Crippen molar-refractivity contribution in [3.8, 4) is 0 Å². The molecule has 0 atom stereocenters. The van der Waals surface area contributed by atoms with Gasteiger partial charge in [0, 0.05) is 12.0 Å². The van der Waals surface area contributed by atoms with Crippen LogP contribution in [-0.2, 0) is 47.4 Å². The molecule has 0 fully saturated rings. The third kappa shape index (κ3) is 27.2. The van der Waals surface area contributed by atoms with Gasteiger partial charge < -0.3 is 42.6 Å². The van der Waals surface area contributed by atoms with E-state index in [2.05, 4.69) is 6.58 Å². The van der Waals surface area contributed by atoms with E-state index in [0.29, 0.717) is 112 Å². The molecule has 0 saturated heterocycles. The average molecular weight is 487 g/mol. The summed E-state index contributed by atoms with van der Waals surface area (Å²) in [4.78, 5) is 10.8. The molecule has 0 aromatic carbocycles. The van der Waals surface area contributed by atoms with Gasteiger partial charge in [-0.15, -0.1) is 11.6 Å². The summed E-state index contributed by atoms with van der Waals surface area (Å²) < 4.78 is 47.5. The minimum Gasteiger partial charge on any atom is -0.460 e. The second-order valence-corrected chi connectivity index (χ2v) is 6.34. The largest absolute Gasteiger partial charge is 0.460 e. The fourth-order valence-electron chi connectivity index (χ4n) is 1.96. The molecule has 0 N–H and O–H groups in total. The van der Waals surface area contributed by atoms with E-state index in [1.165, 1.54) is 0 Å². The Kier molecular flexibility index (Phi) is 27.5. The molecule has 32 heavy (non-hydrogen) atoms. The number of carbonyl (C=O) groups is 1. The summed E-state index contributed by atoms with van der Waals surface area (Å²) in [5, 5.41) is 0. The normalized spacial score (nSPS) is 11.0. The fourth-order valence-corrected chi connectivity index (χ4v) is 2.07. The Morgan fingerprint density at radius 2 is 0.750 bits per heavy atom. The predicted octanol–water partition coefficient (Wildman–Crippen LogP) is 1.09. The Bertz CT molecular complexity index is 401. The Labute approximate surface area is 196 Å². The summed E-state index contributed by atoms with van der Waals surface area (Å²) in [5.74, 6) is 0.0400. The first kappa shape index (κ1) is 31.2. The highest BCUT2D eigenvalue weighted by Gasteiger charge is 1.96. The van der Waals surface area contributed by atoms with Gasteiger partial charge in [0.2, 0.25) is 0 Å². The van der Waals surface area contributed by atoms with Crippen LogP contribution < -0.4 is 0 Å². The molecule has 10 nitrogen and oxygen atoms in total. The van der Waals surface area contributed by atoms with Crippen molar-refractivity contribution < 1.29 is 47.4 Å². The van der Waals surface area contributed by atoms with Crippen LogP contribution in [0.3, 0.4) is 0 Å². The van der Waals surface area contributed by atoms with Crippen LogP contribution in [0.2, 0.25) is 0 Å². The van der Waals surface area contributed by atoms with Gasteiger partial charge >= 0.3 is 5.97 Å². The van der Waals surface area contributed by atoms with Gasteiger partial charge in [0.15, 0.2) is 0 Å². The monoisotopic (exact) mass is 486 g/mol. The van der Waals surface area contributed by atoms with Crippen LogP contribution in [0.15, 0.2) is 12.7 Å². The third-order valence-electron chi connectivity index (χ3n) is 3.46. The second kappa shape index (κ2) is 28.2. The minimum atomic E-state index is -0.456. The maximum atomic E-state index is 10.8. The summed E-state index contributed by atoms with van der Waals surface area (Å²) >= 11 is 5.49. The lowest BCUT2D eigenvalue weighted by atomic mass is 10.6. The molecule has 0 radical (unpaired) electrons. The van der Waals surface area contributed by atoms with Gasteiger partial charge in [-0.1, -0.05) is 6.58 Å². The molecule has 0 rings (SSSR count). The predicted molar refractivity (Wildman–Crippen MR) is 118 cm³/mol. The Balaban J connectivity index is 3.02. The van der Waals surface area contributed by atoms with E-state index in [1.807, 2.05) is 0 Å². The van der Waals surface area contributed by atoms with Crippen LogP contribution in [0.1, 0.15) is 0 Å².